The summed E-state index contributed by atoms with van der Waals surface area (Å²) in [7, 11) is 0. The second kappa shape index (κ2) is 4.58. The molecule has 0 aliphatic rings. The SMILES string of the molecule is Cc1cc(C)c(CC(N)CO)cc1C. The third kappa shape index (κ3) is 2.56. The first kappa shape index (κ1) is 11.2. The molecule has 0 saturated heterocycles. The van der Waals surface area contributed by atoms with Crippen LogP contribution in [0.4, 0.5) is 0 Å². The van der Waals surface area contributed by atoms with Crippen molar-refractivity contribution in [3.05, 3.63) is 34.4 Å². The minimum atomic E-state index is -0.143. The fraction of sp³-hybridized carbons (Fsp3) is 0.500. The molecule has 2 nitrogen and oxygen atoms in total. The van der Waals surface area contributed by atoms with Crippen molar-refractivity contribution in [1.29, 1.82) is 0 Å². The van der Waals surface area contributed by atoms with E-state index in [1.807, 2.05) is 0 Å². The van der Waals surface area contributed by atoms with E-state index in [9.17, 15) is 0 Å². The van der Waals surface area contributed by atoms with Gasteiger partial charge >= 0.3 is 0 Å². The van der Waals surface area contributed by atoms with E-state index in [0.29, 0.717) is 0 Å². The van der Waals surface area contributed by atoms with Crippen LogP contribution in [0.15, 0.2) is 12.1 Å². The van der Waals surface area contributed by atoms with E-state index in [0.717, 1.165) is 6.42 Å². The van der Waals surface area contributed by atoms with Crippen molar-refractivity contribution in [3.8, 4) is 0 Å². The molecule has 0 bridgehead atoms. The molecule has 0 fully saturated rings. The van der Waals surface area contributed by atoms with Crippen molar-refractivity contribution < 1.29 is 5.11 Å². The Balaban J connectivity index is 2.92. The van der Waals surface area contributed by atoms with Gasteiger partial charge in [-0.2, -0.15) is 0 Å². The van der Waals surface area contributed by atoms with E-state index in [1.54, 1.807) is 0 Å². The van der Waals surface area contributed by atoms with Gasteiger partial charge in [0.25, 0.3) is 0 Å². The zero-order chi connectivity index (χ0) is 10.7. The Morgan fingerprint density at radius 3 is 2.29 bits per heavy atom. The van der Waals surface area contributed by atoms with Gasteiger partial charge < -0.3 is 10.8 Å². The lowest BCUT2D eigenvalue weighted by Crippen LogP contribution is -2.27. The zero-order valence-corrected chi connectivity index (χ0v) is 9.17. The molecule has 0 aliphatic heterocycles. The standard InChI is InChI=1S/C12H19NO/c1-8-4-10(3)11(5-9(8)2)6-12(13)7-14/h4-5,12,14H,6-7,13H2,1-3H3. The molecule has 2 heteroatoms. The van der Waals surface area contributed by atoms with Gasteiger partial charge in [0.05, 0.1) is 6.61 Å². The van der Waals surface area contributed by atoms with Crippen LogP contribution in [0.1, 0.15) is 22.3 Å². The van der Waals surface area contributed by atoms with Crippen LogP contribution in [0.2, 0.25) is 0 Å². The van der Waals surface area contributed by atoms with Gasteiger partial charge in [-0.1, -0.05) is 12.1 Å². The summed E-state index contributed by atoms with van der Waals surface area (Å²) in [4.78, 5) is 0. The van der Waals surface area contributed by atoms with Crippen LogP contribution in [0.3, 0.4) is 0 Å². The lowest BCUT2D eigenvalue weighted by atomic mass is 9.96. The van der Waals surface area contributed by atoms with E-state index in [4.69, 9.17) is 10.8 Å². The second-order valence-electron chi connectivity index (χ2n) is 4.01. The van der Waals surface area contributed by atoms with Gasteiger partial charge in [-0.3, -0.25) is 0 Å². The summed E-state index contributed by atoms with van der Waals surface area (Å²) in [6, 6.07) is 4.20. The highest BCUT2D eigenvalue weighted by atomic mass is 16.3. The van der Waals surface area contributed by atoms with Crippen LogP contribution in [0.5, 0.6) is 0 Å². The van der Waals surface area contributed by atoms with Crippen LogP contribution >= 0.6 is 0 Å². The Hall–Kier alpha value is -0.860. The third-order valence-electron chi connectivity index (χ3n) is 2.67. The third-order valence-corrected chi connectivity index (χ3v) is 2.67. The average molecular weight is 193 g/mol. The molecule has 0 radical (unpaired) electrons. The summed E-state index contributed by atoms with van der Waals surface area (Å²) in [5.74, 6) is 0. The summed E-state index contributed by atoms with van der Waals surface area (Å²) >= 11 is 0. The van der Waals surface area contributed by atoms with Crippen molar-refractivity contribution in [2.45, 2.75) is 33.2 Å². The van der Waals surface area contributed by atoms with Gasteiger partial charge in [-0.25, -0.2) is 0 Å². The summed E-state index contributed by atoms with van der Waals surface area (Å²) in [5.41, 5.74) is 10.8. The number of nitrogens with two attached hydrogens (primary N) is 1. The molecule has 3 N–H and O–H groups in total. The molecule has 0 aromatic heterocycles. The summed E-state index contributed by atoms with van der Waals surface area (Å²) in [5, 5.41) is 8.89. The van der Waals surface area contributed by atoms with Gasteiger partial charge in [0.2, 0.25) is 0 Å². The fourth-order valence-corrected chi connectivity index (χ4v) is 1.59. The molecule has 0 heterocycles. The molecule has 1 unspecified atom stereocenters. The van der Waals surface area contributed by atoms with Crippen molar-refractivity contribution in [3.63, 3.8) is 0 Å². The highest BCUT2D eigenvalue weighted by molar-refractivity contribution is 5.36. The molecule has 1 atom stereocenters. The average Bonchev–Trinajstić information content (AvgIpc) is 2.14. The van der Waals surface area contributed by atoms with Crippen LogP contribution in [0, 0.1) is 20.8 Å². The molecule has 0 aliphatic carbocycles. The van der Waals surface area contributed by atoms with Crippen molar-refractivity contribution in [2.24, 2.45) is 5.73 Å². The topological polar surface area (TPSA) is 46.2 Å². The number of aryl methyl sites for hydroxylation is 3. The quantitative estimate of drug-likeness (QED) is 0.763. The Kier molecular flexibility index (Phi) is 3.67. The number of benzene rings is 1. The number of rotatable bonds is 3. The van der Waals surface area contributed by atoms with Crippen LogP contribution in [-0.4, -0.2) is 17.8 Å². The number of hydrogen-bond donors (Lipinski definition) is 2. The second-order valence-corrected chi connectivity index (χ2v) is 4.01. The molecular formula is C12H19NO. The predicted octanol–water partition coefficient (Wildman–Crippen LogP) is 1.47. The number of hydrogen-bond acceptors (Lipinski definition) is 2. The minimum absolute atomic E-state index is 0.0480. The smallest absolute Gasteiger partial charge is 0.0585 e. The van der Waals surface area contributed by atoms with Gasteiger partial charge in [-0.15, -0.1) is 0 Å². The monoisotopic (exact) mass is 193 g/mol. The maximum atomic E-state index is 8.89. The number of aliphatic hydroxyl groups excluding tert-OH is 1. The molecule has 1 aromatic rings. The molecule has 78 valence electrons. The van der Waals surface area contributed by atoms with E-state index in [1.165, 1.54) is 22.3 Å². The molecule has 0 amide bonds. The summed E-state index contributed by atoms with van der Waals surface area (Å²) in [6.45, 7) is 6.35. The normalized spacial score (nSPS) is 12.9. The maximum Gasteiger partial charge on any atom is 0.0585 e. The van der Waals surface area contributed by atoms with E-state index in [2.05, 4.69) is 32.9 Å². The predicted molar refractivity (Wildman–Crippen MR) is 59.4 cm³/mol. The maximum absolute atomic E-state index is 8.89. The highest BCUT2D eigenvalue weighted by Crippen LogP contribution is 2.16. The van der Waals surface area contributed by atoms with Gasteiger partial charge in [0, 0.05) is 6.04 Å². The summed E-state index contributed by atoms with van der Waals surface area (Å²) < 4.78 is 0. The Labute approximate surface area is 85.8 Å². The van der Waals surface area contributed by atoms with E-state index < -0.39 is 0 Å². The van der Waals surface area contributed by atoms with Crippen molar-refractivity contribution in [1.82, 2.24) is 0 Å². The van der Waals surface area contributed by atoms with Crippen LogP contribution in [0.25, 0.3) is 0 Å². The Bertz CT molecular complexity index is 320. The largest absolute Gasteiger partial charge is 0.395 e. The summed E-state index contributed by atoms with van der Waals surface area (Å²) in [6.07, 6.45) is 0.753. The first-order chi connectivity index (χ1) is 6.54. The van der Waals surface area contributed by atoms with E-state index in [-0.39, 0.29) is 12.6 Å². The molecule has 0 spiro atoms. The van der Waals surface area contributed by atoms with Crippen LogP contribution < -0.4 is 5.73 Å². The lowest BCUT2D eigenvalue weighted by molar-refractivity contribution is 0.265. The fourth-order valence-electron chi connectivity index (χ4n) is 1.59. The van der Waals surface area contributed by atoms with Gasteiger partial charge in [0.1, 0.15) is 0 Å². The van der Waals surface area contributed by atoms with Crippen molar-refractivity contribution >= 4 is 0 Å². The molecule has 1 rings (SSSR count). The van der Waals surface area contributed by atoms with Crippen LogP contribution in [-0.2, 0) is 6.42 Å². The van der Waals surface area contributed by atoms with Crippen molar-refractivity contribution in [2.75, 3.05) is 6.61 Å². The molecule has 14 heavy (non-hydrogen) atoms. The molecule has 1 aromatic carbocycles. The highest BCUT2D eigenvalue weighted by Gasteiger charge is 2.06. The lowest BCUT2D eigenvalue weighted by Gasteiger charge is -2.13. The van der Waals surface area contributed by atoms with Gasteiger partial charge in [-0.05, 0) is 49.4 Å². The zero-order valence-electron chi connectivity index (χ0n) is 9.17. The first-order valence-electron chi connectivity index (χ1n) is 4.97. The van der Waals surface area contributed by atoms with Gasteiger partial charge in [0.15, 0.2) is 0 Å². The Morgan fingerprint density at radius 2 is 1.71 bits per heavy atom. The molecular weight excluding hydrogens is 174 g/mol. The Morgan fingerprint density at radius 1 is 1.14 bits per heavy atom. The minimum Gasteiger partial charge on any atom is -0.395 e. The number of aliphatic hydroxyl groups is 1. The molecule has 0 saturated carbocycles. The van der Waals surface area contributed by atoms with E-state index >= 15 is 0 Å². The first-order valence-corrected chi connectivity index (χ1v) is 4.97.